The molecular formula is C14H22N2O. The summed E-state index contributed by atoms with van der Waals surface area (Å²) < 4.78 is 0. The maximum Gasteiger partial charge on any atom is 0.0589 e. The van der Waals surface area contributed by atoms with Gasteiger partial charge in [0.05, 0.1) is 6.61 Å². The van der Waals surface area contributed by atoms with Crippen LogP contribution in [0.1, 0.15) is 24.5 Å². The Morgan fingerprint density at radius 1 is 1.41 bits per heavy atom. The highest BCUT2D eigenvalue weighted by atomic mass is 16.3. The zero-order chi connectivity index (χ0) is 12.3. The van der Waals surface area contributed by atoms with E-state index in [1.54, 1.807) is 0 Å². The molecule has 3 nitrogen and oxygen atoms in total. The van der Waals surface area contributed by atoms with E-state index < -0.39 is 0 Å². The minimum Gasteiger partial charge on any atom is -0.395 e. The Bertz CT molecular complexity index is 367. The highest BCUT2D eigenvalue weighted by Gasteiger charge is 2.30. The van der Waals surface area contributed by atoms with Gasteiger partial charge in [-0.15, -0.1) is 0 Å². The van der Waals surface area contributed by atoms with Gasteiger partial charge in [0.25, 0.3) is 0 Å². The number of hydrogen-bond donors (Lipinski definition) is 2. The van der Waals surface area contributed by atoms with Crippen molar-refractivity contribution in [3.05, 3.63) is 35.4 Å². The van der Waals surface area contributed by atoms with Crippen molar-refractivity contribution in [1.82, 2.24) is 4.90 Å². The molecule has 1 aliphatic rings. The molecule has 94 valence electrons. The normalized spacial score (nSPS) is 25.4. The summed E-state index contributed by atoms with van der Waals surface area (Å²) in [5.74, 6) is 0.595. The van der Waals surface area contributed by atoms with Gasteiger partial charge < -0.3 is 10.8 Å². The molecule has 0 spiro atoms. The van der Waals surface area contributed by atoms with E-state index in [0.717, 1.165) is 13.1 Å². The molecule has 3 heteroatoms. The van der Waals surface area contributed by atoms with E-state index in [1.807, 2.05) is 0 Å². The Labute approximate surface area is 103 Å². The highest BCUT2D eigenvalue weighted by molar-refractivity contribution is 5.23. The lowest BCUT2D eigenvalue weighted by molar-refractivity contribution is 0.134. The smallest absolute Gasteiger partial charge is 0.0589 e. The highest BCUT2D eigenvalue weighted by Crippen LogP contribution is 2.25. The quantitative estimate of drug-likeness (QED) is 0.826. The first-order chi connectivity index (χ1) is 8.24. The van der Waals surface area contributed by atoms with Crippen molar-refractivity contribution in [2.24, 2.45) is 11.7 Å². The van der Waals surface area contributed by atoms with Gasteiger partial charge in [-0.05, 0) is 30.0 Å². The molecule has 1 aromatic rings. The number of benzene rings is 1. The van der Waals surface area contributed by atoms with Gasteiger partial charge in [0, 0.05) is 19.1 Å². The number of nitrogens with two attached hydrogens (primary N) is 1. The summed E-state index contributed by atoms with van der Waals surface area (Å²) in [6.45, 7) is 5.07. The van der Waals surface area contributed by atoms with Crippen LogP contribution in [0.2, 0.25) is 0 Å². The first kappa shape index (κ1) is 12.6. The first-order valence-corrected chi connectivity index (χ1v) is 6.37. The molecular weight excluding hydrogens is 212 g/mol. The summed E-state index contributed by atoms with van der Waals surface area (Å²) >= 11 is 0. The standard InChI is InChI=1S/C14H22N2O/c1-11-5-6-16(14(11)10-17)9-13-4-2-3-12(7-13)8-15/h2-4,7,11,14,17H,5-6,8-10,15H2,1H3. The fraction of sp³-hybridized carbons (Fsp3) is 0.571. The first-order valence-electron chi connectivity index (χ1n) is 6.37. The van der Waals surface area contributed by atoms with Crippen LogP contribution in [-0.2, 0) is 13.1 Å². The molecule has 1 fully saturated rings. The van der Waals surface area contributed by atoms with Crippen LogP contribution in [-0.4, -0.2) is 29.2 Å². The van der Waals surface area contributed by atoms with Gasteiger partial charge in [-0.1, -0.05) is 31.2 Å². The van der Waals surface area contributed by atoms with Gasteiger partial charge in [-0.3, -0.25) is 4.90 Å². The van der Waals surface area contributed by atoms with E-state index in [9.17, 15) is 5.11 Å². The Morgan fingerprint density at radius 3 is 2.88 bits per heavy atom. The van der Waals surface area contributed by atoms with Crippen LogP contribution in [0.5, 0.6) is 0 Å². The van der Waals surface area contributed by atoms with Crippen LogP contribution in [0, 0.1) is 5.92 Å². The third-order valence-electron chi connectivity index (χ3n) is 3.80. The van der Waals surface area contributed by atoms with Crippen molar-refractivity contribution in [3.63, 3.8) is 0 Å². The molecule has 0 saturated carbocycles. The van der Waals surface area contributed by atoms with Crippen molar-refractivity contribution < 1.29 is 5.11 Å². The largest absolute Gasteiger partial charge is 0.395 e. The minimum atomic E-state index is 0.262. The lowest BCUT2D eigenvalue weighted by Gasteiger charge is -2.25. The second kappa shape index (κ2) is 5.63. The average Bonchev–Trinajstić information content (AvgIpc) is 2.70. The fourth-order valence-corrected chi connectivity index (χ4v) is 2.67. The van der Waals surface area contributed by atoms with Crippen molar-refractivity contribution in [1.29, 1.82) is 0 Å². The van der Waals surface area contributed by atoms with Gasteiger partial charge in [-0.25, -0.2) is 0 Å². The average molecular weight is 234 g/mol. The van der Waals surface area contributed by atoms with Crippen LogP contribution < -0.4 is 5.73 Å². The Kier molecular flexibility index (Phi) is 4.15. The van der Waals surface area contributed by atoms with Gasteiger partial charge in [0.1, 0.15) is 0 Å². The fourth-order valence-electron chi connectivity index (χ4n) is 2.67. The Hall–Kier alpha value is -0.900. The Morgan fingerprint density at radius 2 is 2.18 bits per heavy atom. The van der Waals surface area contributed by atoms with Gasteiger partial charge in [0.15, 0.2) is 0 Å². The SMILES string of the molecule is CC1CCN(Cc2cccc(CN)c2)C1CO. The molecule has 2 unspecified atom stereocenters. The zero-order valence-electron chi connectivity index (χ0n) is 10.5. The van der Waals surface area contributed by atoms with E-state index in [1.165, 1.54) is 17.5 Å². The zero-order valence-corrected chi connectivity index (χ0v) is 10.5. The number of aliphatic hydroxyl groups is 1. The molecule has 0 bridgehead atoms. The predicted octanol–water partition coefficient (Wildman–Crippen LogP) is 1.35. The molecule has 1 aromatic carbocycles. The molecule has 1 aliphatic heterocycles. The van der Waals surface area contributed by atoms with E-state index in [2.05, 4.69) is 36.1 Å². The molecule has 1 heterocycles. The van der Waals surface area contributed by atoms with Crippen LogP contribution in [0.15, 0.2) is 24.3 Å². The molecule has 17 heavy (non-hydrogen) atoms. The van der Waals surface area contributed by atoms with Crippen molar-refractivity contribution in [2.75, 3.05) is 13.2 Å². The lowest BCUT2D eigenvalue weighted by atomic mass is 10.0. The van der Waals surface area contributed by atoms with Crippen LogP contribution >= 0.6 is 0 Å². The molecule has 2 atom stereocenters. The molecule has 0 amide bonds. The summed E-state index contributed by atoms with van der Waals surface area (Å²) in [6.07, 6.45) is 1.18. The maximum absolute atomic E-state index is 9.42. The van der Waals surface area contributed by atoms with E-state index in [-0.39, 0.29) is 6.61 Å². The summed E-state index contributed by atoms with van der Waals surface area (Å²) in [4.78, 5) is 2.38. The second-order valence-electron chi connectivity index (χ2n) is 5.01. The molecule has 3 N–H and O–H groups in total. The van der Waals surface area contributed by atoms with Crippen molar-refractivity contribution in [2.45, 2.75) is 32.5 Å². The van der Waals surface area contributed by atoms with Gasteiger partial charge in [-0.2, -0.15) is 0 Å². The van der Waals surface area contributed by atoms with Crippen LogP contribution in [0.4, 0.5) is 0 Å². The predicted molar refractivity (Wildman–Crippen MR) is 69.4 cm³/mol. The van der Waals surface area contributed by atoms with E-state index in [4.69, 9.17) is 5.73 Å². The van der Waals surface area contributed by atoms with Crippen LogP contribution in [0.25, 0.3) is 0 Å². The second-order valence-corrected chi connectivity index (χ2v) is 5.01. The molecule has 0 aromatic heterocycles. The number of hydrogen-bond acceptors (Lipinski definition) is 3. The Balaban J connectivity index is 2.04. The lowest BCUT2D eigenvalue weighted by Crippen LogP contribution is -2.34. The van der Waals surface area contributed by atoms with Gasteiger partial charge in [0.2, 0.25) is 0 Å². The van der Waals surface area contributed by atoms with E-state index >= 15 is 0 Å². The number of aliphatic hydroxyl groups excluding tert-OH is 1. The number of rotatable bonds is 4. The monoisotopic (exact) mass is 234 g/mol. The third kappa shape index (κ3) is 2.86. The minimum absolute atomic E-state index is 0.262. The summed E-state index contributed by atoms with van der Waals surface area (Å²) in [7, 11) is 0. The van der Waals surface area contributed by atoms with E-state index in [0.29, 0.717) is 18.5 Å². The van der Waals surface area contributed by atoms with Gasteiger partial charge >= 0.3 is 0 Å². The molecule has 1 saturated heterocycles. The summed E-state index contributed by atoms with van der Waals surface area (Å²) in [6, 6.07) is 8.73. The maximum atomic E-state index is 9.42. The third-order valence-corrected chi connectivity index (χ3v) is 3.80. The van der Waals surface area contributed by atoms with Crippen LogP contribution in [0.3, 0.4) is 0 Å². The molecule has 0 aliphatic carbocycles. The topological polar surface area (TPSA) is 49.5 Å². The number of nitrogens with zero attached hydrogens (tertiary/aromatic N) is 1. The molecule has 2 rings (SSSR count). The summed E-state index contributed by atoms with van der Waals surface area (Å²) in [5.41, 5.74) is 8.12. The van der Waals surface area contributed by atoms with Crippen molar-refractivity contribution in [3.8, 4) is 0 Å². The number of likely N-dealkylation sites (tertiary alicyclic amines) is 1. The molecule has 0 radical (unpaired) electrons. The summed E-state index contributed by atoms with van der Waals surface area (Å²) in [5, 5.41) is 9.42. The van der Waals surface area contributed by atoms with Crippen molar-refractivity contribution >= 4 is 0 Å².